The van der Waals surface area contributed by atoms with Crippen LogP contribution in [-0.4, -0.2) is 20.8 Å². The zero-order valence-electron chi connectivity index (χ0n) is 18.7. The van der Waals surface area contributed by atoms with E-state index < -0.39 is 0 Å². The van der Waals surface area contributed by atoms with Crippen LogP contribution >= 0.6 is 11.6 Å². The molecule has 0 aliphatic heterocycles. The van der Waals surface area contributed by atoms with Gasteiger partial charge in [0.25, 0.3) is 0 Å². The molecular formula is C26H32ClNO3. The third-order valence-electron chi connectivity index (χ3n) is 5.42. The van der Waals surface area contributed by atoms with Gasteiger partial charge in [0.1, 0.15) is 5.75 Å². The number of hydrogen-bond acceptors (Lipinski definition) is 4. The van der Waals surface area contributed by atoms with Gasteiger partial charge in [-0.1, -0.05) is 68.1 Å². The summed E-state index contributed by atoms with van der Waals surface area (Å²) in [6, 6.07) is 16.3. The quantitative estimate of drug-likeness (QED) is 0.315. The number of benzene rings is 3. The highest BCUT2D eigenvalue weighted by atomic mass is 35.5. The van der Waals surface area contributed by atoms with Crippen LogP contribution in [0.1, 0.15) is 43.7 Å². The van der Waals surface area contributed by atoms with Gasteiger partial charge in [0, 0.05) is 29.7 Å². The SMILES string of the molecule is CCCCCCOc1ccc2ccccc2c1CNCc1cc(OC)c(OC)cc1Cl. The van der Waals surface area contributed by atoms with E-state index in [1.54, 1.807) is 20.3 Å². The van der Waals surface area contributed by atoms with Crippen molar-refractivity contribution in [1.29, 1.82) is 0 Å². The first-order chi connectivity index (χ1) is 15.2. The van der Waals surface area contributed by atoms with E-state index in [0.29, 0.717) is 29.6 Å². The van der Waals surface area contributed by atoms with Crippen LogP contribution in [0.4, 0.5) is 0 Å². The predicted molar refractivity (Wildman–Crippen MR) is 129 cm³/mol. The van der Waals surface area contributed by atoms with Gasteiger partial charge in [-0.25, -0.2) is 0 Å². The summed E-state index contributed by atoms with van der Waals surface area (Å²) in [5, 5.41) is 6.60. The van der Waals surface area contributed by atoms with Gasteiger partial charge in [-0.2, -0.15) is 0 Å². The minimum Gasteiger partial charge on any atom is -0.493 e. The molecule has 0 heterocycles. The second kappa shape index (κ2) is 11.8. The Hall–Kier alpha value is -2.43. The highest BCUT2D eigenvalue weighted by Crippen LogP contribution is 2.33. The lowest BCUT2D eigenvalue weighted by molar-refractivity contribution is 0.302. The number of fused-ring (bicyclic) bond motifs is 1. The Balaban J connectivity index is 1.74. The molecule has 0 fully saturated rings. The molecule has 166 valence electrons. The molecule has 0 unspecified atom stereocenters. The topological polar surface area (TPSA) is 39.7 Å². The zero-order chi connectivity index (χ0) is 22.1. The average Bonchev–Trinajstić information content (AvgIpc) is 2.80. The molecule has 0 saturated heterocycles. The normalized spacial score (nSPS) is 11.0. The third-order valence-corrected chi connectivity index (χ3v) is 5.77. The van der Waals surface area contributed by atoms with Crippen LogP contribution in [0.5, 0.6) is 17.2 Å². The van der Waals surface area contributed by atoms with Crippen molar-refractivity contribution in [2.45, 2.75) is 45.7 Å². The molecule has 0 atom stereocenters. The van der Waals surface area contributed by atoms with Crippen LogP contribution in [0.15, 0.2) is 48.5 Å². The number of ether oxygens (including phenoxy) is 3. The van der Waals surface area contributed by atoms with E-state index in [9.17, 15) is 0 Å². The van der Waals surface area contributed by atoms with Gasteiger partial charge >= 0.3 is 0 Å². The second-order valence-electron chi connectivity index (χ2n) is 7.57. The first-order valence-electron chi connectivity index (χ1n) is 10.9. The lowest BCUT2D eigenvalue weighted by atomic mass is 10.0. The molecule has 0 aliphatic rings. The van der Waals surface area contributed by atoms with Crippen LogP contribution in [0.3, 0.4) is 0 Å². The first-order valence-corrected chi connectivity index (χ1v) is 11.3. The maximum atomic E-state index is 6.46. The number of nitrogens with one attached hydrogen (secondary N) is 1. The second-order valence-corrected chi connectivity index (χ2v) is 7.98. The number of rotatable bonds is 12. The molecule has 5 heteroatoms. The smallest absolute Gasteiger partial charge is 0.162 e. The minimum absolute atomic E-state index is 0.609. The molecular weight excluding hydrogens is 410 g/mol. The zero-order valence-corrected chi connectivity index (χ0v) is 19.4. The molecule has 0 bridgehead atoms. The molecule has 0 aliphatic carbocycles. The lowest BCUT2D eigenvalue weighted by Crippen LogP contribution is -2.15. The summed E-state index contributed by atoms with van der Waals surface area (Å²) >= 11 is 6.46. The van der Waals surface area contributed by atoms with Crippen molar-refractivity contribution >= 4 is 22.4 Å². The molecule has 0 radical (unpaired) electrons. The van der Waals surface area contributed by atoms with Gasteiger partial charge in [0.2, 0.25) is 0 Å². The largest absolute Gasteiger partial charge is 0.493 e. The Bertz CT molecular complexity index is 990. The number of methoxy groups -OCH3 is 2. The summed E-state index contributed by atoms with van der Waals surface area (Å²) in [6.07, 6.45) is 4.76. The van der Waals surface area contributed by atoms with Crippen LogP contribution in [-0.2, 0) is 13.1 Å². The fourth-order valence-corrected chi connectivity index (χ4v) is 3.92. The van der Waals surface area contributed by atoms with Crippen molar-refractivity contribution in [3.8, 4) is 17.2 Å². The van der Waals surface area contributed by atoms with Gasteiger partial charge in [0.15, 0.2) is 11.5 Å². The number of halogens is 1. The average molecular weight is 442 g/mol. The van der Waals surface area contributed by atoms with Crippen LogP contribution in [0.25, 0.3) is 10.8 Å². The van der Waals surface area contributed by atoms with E-state index in [-0.39, 0.29) is 0 Å². The molecule has 4 nitrogen and oxygen atoms in total. The summed E-state index contributed by atoms with van der Waals surface area (Å²) in [5.74, 6) is 2.25. The van der Waals surface area contributed by atoms with Gasteiger partial charge in [-0.15, -0.1) is 0 Å². The minimum atomic E-state index is 0.609. The fraction of sp³-hybridized carbons (Fsp3) is 0.385. The van der Waals surface area contributed by atoms with Crippen molar-refractivity contribution in [2.24, 2.45) is 0 Å². The van der Waals surface area contributed by atoms with E-state index >= 15 is 0 Å². The van der Waals surface area contributed by atoms with Crippen molar-refractivity contribution in [3.05, 3.63) is 64.7 Å². The van der Waals surface area contributed by atoms with Gasteiger partial charge in [-0.3, -0.25) is 0 Å². The molecule has 31 heavy (non-hydrogen) atoms. The Morgan fingerprint density at radius 1 is 0.839 bits per heavy atom. The Morgan fingerprint density at radius 2 is 1.61 bits per heavy atom. The highest BCUT2D eigenvalue weighted by molar-refractivity contribution is 6.31. The van der Waals surface area contributed by atoms with Gasteiger partial charge < -0.3 is 19.5 Å². The molecule has 0 amide bonds. The highest BCUT2D eigenvalue weighted by Gasteiger charge is 2.12. The van der Waals surface area contributed by atoms with Gasteiger partial charge in [-0.05, 0) is 34.9 Å². The standard InChI is InChI=1S/C26H32ClNO3/c1-4-5-6-9-14-31-24-13-12-19-10-7-8-11-21(19)22(24)18-28-17-20-15-25(29-2)26(30-3)16-23(20)27/h7-8,10-13,15-16,28H,4-6,9,14,17-18H2,1-3H3. The Morgan fingerprint density at radius 3 is 2.39 bits per heavy atom. The summed E-state index contributed by atoms with van der Waals surface area (Å²) in [5.41, 5.74) is 2.13. The molecule has 1 N–H and O–H groups in total. The molecule has 0 aromatic heterocycles. The van der Waals surface area contributed by atoms with Crippen LogP contribution in [0.2, 0.25) is 5.02 Å². The van der Waals surface area contributed by atoms with Crippen LogP contribution < -0.4 is 19.5 Å². The van der Waals surface area contributed by atoms with Crippen molar-refractivity contribution in [3.63, 3.8) is 0 Å². The molecule has 3 aromatic rings. The fourth-order valence-electron chi connectivity index (χ4n) is 3.70. The third kappa shape index (κ3) is 6.05. The van der Waals surface area contributed by atoms with Crippen molar-refractivity contribution in [2.75, 3.05) is 20.8 Å². The monoisotopic (exact) mass is 441 g/mol. The Kier molecular flexibility index (Phi) is 8.86. The maximum Gasteiger partial charge on any atom is 0.162 e. The summed E-state index contributed by atoms with van der Waals surface area (Å²) in [7, 11) is 3.24. The summed E-state index contributed by atoms with van der Waals surface area (Å²) < 4.78 is 16.9. The maximum absolute atomic E-state index is 6.46. The van der Waals surface area contributed by atoms with E-state index in [1.807, 2.05) is 6.07 Å². The summed E-state index contributed by atoms with van der Waals surface area (Å²) in [6.45, 7) is 4.25. The number of hydrogen-bond donors (Lipinski definition) is 1. The lowest BCUT2D eigenvalue weighted by Gasteiger charge is -2.16. The van der Waals surface area contributed by atoms with Crippen molar-refractivity contribution < 1.29 is 14.2 Å². The van der Waals surface area contributed by atoms with Crippen molar-refractivity contribution in [1.82, 2.24) is 5.32 Å². The van der Waals surface area contributed by atoms with E-state index in [2.05, 4.69) is 48.6 Å². The Labute approximate surface area is 190 Å². The molecule has 0 saturated carbocycles. The van der Waals surface area contributed by atoms with E-state index in [4.69, 9.17) is 25.8 Å². The molecule has 3 rings (SSSR count). The van der Waals surface area contributed by atoms with E-state index in [1.165, 1.54) is 35.6 Å². The van der Waals surface area contributed by atoms with E-state index in [0.717, 1.165) is 24.3 Å². The summed E-state index contributed by atoms with van der Waals surface area (Å²) in [4.78, 5) is 0. The first kappa shape index (κ1) is 23.2. The van der Waals surface area contributed by atoms with Crippen LogP contribution in [0, 0.1) is 0 Å². The molecule has 0 spiro atoms. The molecule has 3 aromatic carbocycles. The number of unbranched alkanes of at least 4 members (excludes halogenated alkanes) is 3. The predicted octanol–water partition coefficient (Wildman–Crippen LogP) is 6.76. The van der Waals surface area contributed by atoms with Gasteiger partial charge in [0.05, 0.1) is 20.8 Å².